The number of hydrogen-bond acceptors (Lipinski definition) is 0. The molecule has 0 nitrogen and oxygen atoms in total. The maximum Gasteiger partial charge on any atom is 0.0544 e. The molecule has 0 heterocycles. The second-order valence-electron chi connectivity index (χ2n) is 1.20. The predicted octanol–water partition coefficient (Wildman–Crippen LogP) is -1.56. The van der Waals surface area contributed by atoms with Gasteiger partial charge in [-0.25, -0.2) is 0 Å². The largest absolute Gasteiger partial charge is 1.00 e. The average molecular weight is 218 g/mol. The molecule has 0 aromatic rings. The van der Waals surface area contributed by atoms with E-state index in [1.807, 2.05) is 0 Å². The molecule has 0 rings (SSSR count). The van der Waals surface area contributed by atoms with Gasteiger partial charge >= 0.3 is 0 Å². The summed E-state index contributed by atoms with van der Waals surface area (Å²) in [5.41, 5.74) is 0. The molecule has 0 saturated heterocycles. The van der Waals surface area contributed by atoms with Crippen LogP contribution in [0, 0.1) is 0 Å². The normalized spacial score (nSPS) is 9.00. The van der Waals surface area contributed by atoms with E-state index in [0.29, 0.717) is 0 Å². The minimum atomic E-state index is 0. The average Bonchev–Trinajstić information content (AvgIpc) is 1.41. The zero-order chi connectivity index (χ0) is 4.12. The first-order chi connectivity index (χ1) is 2.41. The van der Waals surface area contributed by atoms with Crippen molar-refractivity contribution < 1.29 is 24.0 Å². The topological polar surface area (TPSA) is 0 Å². The van der Waals surface area contributed by atoms with E-state index >= 15 is 0 Å². The predicted molar refractivity (Wildman–Crippen MR) is 30.8 cm³/mol. The quantitative estimate of drug-likeness (QED) is 0.388. The first-order valence-corrected chi connectivity index (χ1v) is 4.16. The van der Waals surface area contributed by atoms with Gasteiger partial charge in [0, 0.05) is 6.66 Å². The van der Waals surface area contributed by atoms with Crippen molar-refractivity contribution in [1.82, 2.24) is 0 Å². The summed E-state index contributed by atoms with van der Waals surface area (Å²) in [5.74, 6) is 0. The maximum atomic E-state index is 2.30. The molecule has 0 aliphatic heterocycles. The van der Waals surface area contributed by atoms with Gasteiger partial charge in [0.15, 0.2) is 0 Å². The van der Waals surface area contributed by atoms with Crippen LogP contribution in [0.5, 0.6) is 0 Å². The number of halogens is 1. The van der Waals surface area contributed by atoms with E-state index in [2.05, 4.69) is 13.6 Å². The molecule has 0 bridgehead atoms. The Bertz CT molecular complexity index is 15.0. The summed E-state index contributed by atoms with van der Waals surface area (Å²) in [6.45, 7) is 4.53. The lowest BCUT2D eigenvalue weighted by atomic mass is 10.6. The van der Waals surface area contributed by atoms with Crippen LogP contribution in [0.2, 0.25) is 0 Å². The monoisotopic (exact) mass is 218 g/mol. The zero-order valence-corrected chi connectivity index (χ0v) is 7.68. The summed E-state index contributed by atoms with van der Waals surface area (Å²) in [5, 5.41) is 0. The molecule has 0 aromatic heterocycles. The van der Waals surface area contributed by atoms with E-state index in [0.717, 1.165) is 8.58 Å². The molecule has 40 valence electrons. The molecule has 0 fully saturated rings. The SMILES string of the molecule is CCC[PH2+]C.[I-]. The van der Waals surface area contributed by atoms with E-state index in [1.165, 1.54) is 12.6 Å². The standard InChI is InChI=1S/C4H11P.HI/c1-3-4-5-2;/h5H,3-4H2,1-2H3;1H. The number of rotatable bonds is 2. The lowest BCUT2D eigenvalue weighted by Gasteiger charge is -1.73. The maximum absolute atomic E-state index is 2.30. The Balaban J connectivity index is 0. The smallest absolute Gasteiger partial charge is 0.0544 e. The van der Waals surface area contributed by atoms with Gasteiger partial charge in [-0.05, 0) is 15.0 Å². The third-order valence-corrected chi connectivity index (χ3v) is 1.73. The third kappa shape index (κ3) is 8.94. The minimum absolute atomic E-state index is 0. The zero-order valence-electron chi connectivity index (χ0n) is 4.37. The summed E-state index contributed by atoms with van der Waals surface area (Å²) in [7, 11) is 0.786. The molecule has 0 radical (unpaired) electrons. The van der Waals surface area contributed by atoms with Gasteiger partial charge in [-0.2, -0.15) is 0 Å². The highest BCUT2D eigenvalue weighted by atomic mass is 127. The van der Waals surface area contributed by atoms with Crippen molar-refractivity contribution in [2.24, 2.45) is 0 Å². The van der Waals surface area contributed by atoms with Crippen LogP contribution in [0.4, 0.5) is 0 Å². The molecule has 0 spiro atoms. The van der Waals surface area contributed by atoms with Crippen LogP contribution in [0.15, 0.2) is 0 Å². The molecular weight excluding hydrogens is 206 g/mol. The van der Waals surface area contributed by atoms with Crippen LogP contribution < -0.4 is 24.0 Å². The van der Waals surface area contributed by atoms with Crippen molar-refractivity contribution in [3.63, 3.8) is 0 Å². The molecule has 1 atom stereocenters. The summed E-state index contributed by atoms with van der Waals surface area (Å²) in [6, 6.07) is 0. The van der Waals surface area contributed by atoms with Crippen molar-refractivity contribution in [2.75, 3.05) is 12.8 Å². The minimum Gasteiger partial charge on any atom is -1.00 e. The Morgan fingerprint density at radius 3 is 2.00 bits per heavy atom. The Hall–Kier alpha value is 1.16. The molecule has 2 heteroatoms. The van der Waals surface area contributed by atoms with E-state index in [-0.39, 0.29) is 24.0 Å². The van der Waals surface area contributed by atoms with E-state index in [4.69, 9.17) is 0 Å². The first kappa shape index (κ1) is 10.2. The summed E-state index contributed by atoms with van der Waals surface area (Å²) in [4.78, 5) is 0. The summed E-state index contributed by atoms with van der Waals surface area (Å²) in [6.07, 6.45) is 2.85. The molecule has 0 aromatic carbocycles. The molecule has 6 heavy (non-hydrogen) atoms. The number of hydrogen-bond donors (Lipinski definition) is 0. The van der Waals surface area contributed by atoms with Gasteiger partial charge in [-0.1, -0.05) is 6.92 Å². The van der Waals surface area contributed by atoms with Crippen molar-refractivity contribution in [3.8, 4) is 0 Å². The fourth-order valence-electron chi connectivity index (χ4n) is 0.289. The molecule has 0 saturated carbocycles. The fraction of sp³-hybridized carbons (Fsp3) is 1.00. The van der Waals surface area contributed by atoms with Crippen molar-refractivity contribution in [2.45, 2.75) is 13.3 Å². The van der Waals surface area contributed by atoms with Gasteiger partial charge in [0.1, 0.15) is 0 Å². The van der Waals surface area contributed by atoms with Crippen molar-refractivity contribution in [3.05, 3.63) is 0 Å². The second-order valence-corrected chi connectivity index (χ2v) is 2.59. The summed E-state index contributed by atoms with van der Waals surface area (Å²) < 4.78 is 0. The van der Waals surface area contributed by atoms with Crippen LogP contribution in [-0.4, -0.2) is 12.8 Å². The van der Waals surface area contributed by atoms with Gasteiger partial charge in [0.2, 0.25) is 0 Å². The molecule has 0 aliphatic rings. The molecular formula is C4H12IP. The van der Waals surface area contributed by atoms with Gasteiger partial charge < -0.3 is 24.0 Å². The van der Waals surface area contributed by atoms with Crippen LogP contribution in [-0.2, 0) is 0 Å². The van der Waals surface area contributed by atoms with Gasteiger partial charge in [-0.15, -0.1) is 0 Å². The van der Waals surface area contributed by atoms with Crippen LogP contribution in [0.1, 0.15) is 13.3 Å². The van der Waals surface area contributed by atoms with Crippen molar-refractivity contribution in [1.29, 1.82) is 0 Å². The van der Waals surface area contributed by atoms with Gasteiger partial charge in [0.05, 0.1) is 6.16 Å². The van der Waals surface area contributed by atoms with Gasteiger partial charge in [0.25, 0.3) is 0 Å². The Labute approximate surface area is 58.9 Å². The van der Waals surface area contributed by atoms with Gasteiger partial charge in [-0.3, -0.25) is 0 Å². The highest BCUT2D eigenvalue weighted by molar-refractivity contribution is 7.36. The van der Waals surface area contributed by atoms with Crippen LogP contribution in [0.3, 0.4) is 0 Å². The lowest BCUT2D eigenvalue weighted by molar-refractivity contribution is -0.00000117. The van der Waals surface area contributed by atoms with E-state index in [9.17, 15) is 0 Å². The molecule has 0 N–H and O–H groups in total. The lowest BCUT2D eigenvalue weighted by Crippen LogP contribution is -3.00. The molecule has 0 amide bonds. The Morgan fingerprint density at radius 1 is 1.50 bits per heavy atom. The van der Waals surface area contributed by atoms with Crippen LogP contribution in [0.25, 0.3) is 0 Å². The highest BCUT2D eigenvalue weighted by Crippen LogP contribution is 2.01. The molecule has 1 unspecified atom stereocenters. The van der Waals surface area contributed by atoms with Crippen molar-refractivity contribution >= 4 is 8.58 Å². The highest BCUT2D eigenvalue weighted by Gasteiger charge is 1.74. The van der Waals surface area contributed by atoms with E-state index in [1.54, 1.807) is 0 Å². The Kier molecular flexibility index (Phi) is 16.1. The van der Waals surface area contributed by atoms with E-state index < -0.39 is 0 Å². The molecule has 0 aliphatic carbocycles. The second kappa shape index (κ2) is 9.48. The third-order valence-electron chi connectivity index (χ3n) is 0.577. The Morgan fingerprint density at radius 2 is 2.00 bits per heavy atom. The van der Waals surface area contributed by atoms with Crippen LogP contribution >= 0.6 is 8.58 Å². The first-order valence-electron chi connectivity index (χ1n) is 2.19. The fourth-order valence-corrected chi connectivity index (χ4v) is 0.866. The summed E-state index contributed by atoms with van der Waals surface area (Å²) >= 11 is 0.